The van der Waals surface area contributed by atoms with Crippen LogP contribution in [0.3, 0.4) is 0 Å². The SMILES string of the molecule is CCCNC(=O)c1cccc(OCC(C)C)c1. The first-order valence-corrected chi connectivity index (χ1v) is 6.14. The van der Waals surface area contributed by atoms with Gasteiger partial charge in [-0.15, -0.1) is 0 Å². The van der Waals surface area contributed by atoms with Crippen LogP contribution in [-0.2, 0) is 0 Å². The molecule has 1 rings (SSSR count). The normalized spacial score (nSPS) is 10.4. The van der Waals surface area contributed by atoms with Crippen molar-refractivity contribution in [2.75, 3.05) is 13.2 Å². The number of nitrogens with one attached hydrogen (secondary N) is 1. The lowest BCUT2D eigenvalue weighted by atomic mass is 10.2. The molecule has 1 aromatic rings. The number of amides is 1. The number of benzene rings is 1. The van der Waals surface area contributed by atoms with E-state index < -0.39 is 0 Å². The molecule has 0 saturated carbocycles. The highest BCUT2D eigenvalue weighted by Gasteiger charge is 2.05. The Labute approximate surface area is 103 Å². The zero-order valence-electron chi connectivity index (χ0n) is 10.8. The number of hydrogen-bond donors (Lipinski definition) is 1. The lowest BCUT2D eigenvalue weighted by Gasteiger charge is -2.10. The Balaban J connectivity index is 2.61. The summed E-state index contributed by atoms with van der Waals surface area (Å²) in [6.07, 6.45) is 0.940. The maximum Gasteiger partial charge on any atom is 0.251 e. The third kappa shape index (κ3) is 4.89. The van der Waals surface area contributed by atoms with Crippen LogP contribution in [0, 0.1) is 5.92 Å². The first-order chi connectivity index (χ1) is 8.13. The number of hydrogen-bond acceptors (Lipinski definition) is 2. The van der Waals surface area contributed by atoms with Gasteiger partial charge in [0.25, 0.3) is 5.91 Å². The molecule has 0 saturated heterocycles. The summed E-state index contributed by atoms with van der Waals surface area (Å²) in [4.78, 5) is 11.7. The van der Waals surface area contributed by atoms with Crippen molar-refractivity contribution in [2.45, 2.75) is 27.2 Å². The second-order valence-electron chi connectivity index (χ2n) is 4.49. The molecule has 1 amide bonds. The van der Waals surface area contributed by atoms with Crippen molar-refractivity contribution < 1.29 is 9.53 Å². The van der Waals surface area contributed by atoms with Crippen molar-refractivity contribution in [3.05, 3.63) is 29.8 Å². The molecule has 0 radical (unpaired) electrons. The molecule has 0 aliphatic carbocycles. The van der Waals surface area contributed by atoms with Crippen molar-refractivity contribution in [3.63, 3.8) is 0 Å². The van der Waals surface area contributed by atoms with Gasteiger partial charge in [-0.3, -0.25) is 4.79 Å². The molecule has 0 unspecified atom stereocenters. The second-order valence-corrected chi connectivity index (χ2v) is 4.49. The van der Waals surface area contributed by atoms with E-state index in [9.17, 15) is 4.79 Å². The van der Waals surface area contributed by atoms with Gasteiger partial charge in [0.05, 0.1) is 6.61 Å². The summed E-state index contributed by atoms with van der Waals surface area (Å²) in [5.74, 6) is 1.19. The van der Waals surface area contributed by atoms with E-state index in [1.165, 1.54) is 0 Å². The molecule has 0 atom stereocenters. The van der Waals surface area contributed by atoms with Gasteiger partial charge in [0.1, 0.15) is 5.75 Å². The average Bonchev–Trinajstić information content (AvgIpc) is 2.33. The molecule has 0 heterocycles. The molecule has 0 fully saturated rings. The van der Waals surface area contributed by atoms with Gasteiger partial charge in [-0.1, -0.05) is 26.8 Å². The summed E-state index contributed by atoms with van der Waals surface area (Å²) in [5, 5.41) is 2.85. The molecule has 0 bridgehead atoms. The quantitative estimate of drug-likeness (QED) is 0.823. The first kappa shape index (κ1) is 13.6. The molecule has 94 valence electrons. The second kappa shape index (κ2) is 6.94. The Morgan fingerprint density at radius 2 is 2.18 bits per heavy atom. The molecule has 0 aromatic heterocycles. The van der Waals surface area contributed by atoms with E-state index in [1.54, 1.807) is 12.1 Å². The fourth-order valence-electron chi connectivity index (χ4n) is 1.33. The zero-order valence-corrected chi connectivity index (χ0v) is 10.8. The van der Waals surface area contributed by atoms with Gasteiger partial charge in [0.2, 0.25) is 0 Å². The minimum absolute atomic E-state index is 0.0400. The van der Waals surface area contributed by atoms with Crippen LogP contribution in [0.15, 0.2) is 24.3 Å². The Morgan fingerprint density at radius 1 is 1.41 bits per heavy atom. The molecule has 17 heavy (non-hydrogen) atoms. The third-order valence-corrected chi connectivity index (χ3v) is 2.22. The van der Waals surface area contributed by atoms with Gasteiger partial charge in [-0.2, -0.15) is 0 Å². The largest absolute Gasteiger partial charge is 0.493 e. The summed E-state index contributed by atoms with van der Waals surface area (Å²) < 4.78 is 5.58. The highest BCUT2D eigenvalue weighted by molar-refractivity contribution is 5.94. The molecule has 0 aliphatic rings. The minimum atomic E-state index is -0.0400. The highest BCUT2D eigenvalue weighted by Crippen LogP contribution is 2.14. The predicted octanol–water partition coefficient (Wildman–Crippen LogP) is 2.86. The van der Waals surface area contributed by atoms with Crippen molar-refractivity contribution >= 4 is 5.91 Å². The van der Waals surface area contributed by atoms with E-state index >= 15 is 0 Å². The fraction of sp³-hybridized carbons (Fsp3) is 0.500. The van der Waals surface area contributed by atoms with Crippen molar-refractivity contribution in [1.29, 1.82) is 0 Å². The van der Waals surface area contributed by atoms with Crippen molar-refractivity contribution in [2.24, 2.45) is 5.92 Å². The standard InChI is InChI=1S/C14H21NO2/c1-4-8-15-14(16)12-6-5-7-13(9-12)17-10-11(2)3/h5-7,9,11H,4,8,10H2,1-3H3,(H,15,16). The number of carbonyl (C=O) groups is 1. The van der Waals surface area contributed by atoms with Crippen molar-refractivity contribution in [3.8, 4) is 5.75 Å². The predicted molar refractivity (Wildman–Crippen MR) is 69.4 cm³/mol. The van der Waals surface area contributed by atoms with Gasteiger partial charge >= 0.3 is 0 Å². The van der Waals surface area contributed by atoms with E-state index in [2.05, 4.69) is 19.2 Å². The van der Waals surface area contributed by atoms with E-state index in [4.69, 9.17) is 4.74 Å². The molecule has 0 spiro atoms. The number of ether oxygens (including phenoxy) is 1. The van der Waals surface area contributed by atoms with Gasteiger partial charge in [0, 0.05) is 12.1 Å². The molecular formula is C14H21NO2. The van der Waals surface area contributed by atoms with Gasteiger partial charge < -0.3 is 10.1 Å². The molecule has 1 N–H and O–H groups in total. The summed E-state index contributed by atoms with van der Waals surface area (Å²) >= 11 is 0. The van der Waals surface area contributed by atoms with Crippen LogP contribution in [0.4, 0.5) is 0 Å². The topological polar surface area (TPSA) is 38.3 Å². The van der Waals surface area contributed by atoms with Gasteiger partial charge in [-0.05, 0) is 30.5 Å². The Hall–Kier alpha value is -1.51. The lowest BCUT2D eigenvalue weighted by molar-refractivity contribution is 0.0953. The highest BCUT2D eigenvalue weighted by atomic mass is 16.5. The Morgan fingerprint density at radius 3 is 2.82 bits per heavy atom. The average molecular weight is 235 g/mol. The zero-order chi connectivity index (χ0) is 12.7. The summed E-state index contributed by atoms with van der Waals surface area (Å²) in [5.41, 5.74) is 0.653. The summed E-state index contributed by atoms with van der Waals surface area (Å²) in [7, 11) is 0. The van der Waals surface area contributed by atoms with E-state index in [1.807, 2.05) is 19.1 Å². The van der Waals surface area contributed by atoms with Crippen LogP contribution in [0.5, 0.6) is 5.75 Å². The monoisotopic (exact) mass is 235 g/mol. The smallest absolute Gasteiger partial charge is 0.251 e. The van der Waals surface area contributed by atoms with E-state index in [0.717, 1.165) is 12.2 Å². The van der Waals surface area contributed by atoms with E-state index in [0.29, 0.717) is 24.6 Å². The number of rotatable bonds is 6. The van der Waals surface area contributed by atoms with Crippen LogP contribution in [-0.4, -0.2) is 19.1 Å². The van der Waals surface area contributed by atoms with Crippen LogP contribution >= 0.6 is 0 Å². The molecular weight excluding hydrogens is 214 g/mol. The third-order valence-electron chi connectivity index (χ3n) is 2.22. The first-order valence-electron chi connectivity index (χ1n) is 6.14. The van der Waals surface area contributed by atoms with Crippen LogP contribution in [0.2, 0.25) is 0 Å². The van der Waals surface area contributed by atoms with Gasteiger partial charge in [0.15, 0.2) is 0 Å². The number of carbonyl (C=O) groups excluding carboxylic acids is 1. The molecule has 3 nitrogen and oxygen atoms in total. The maximum atomic E-state index is 11.7. The van der Waals surface area contributed by atoms with Crippen molar-refractivity contribution in [1.82, 2.24) is 5.32 Å². The maximum absolute atomic E-state index is 11.7. The summed E-state index contributed by atoms with van der Waals surface area (Å²) in [6, 6.07) is 7.30. The summed E-state index contributed by atoms with van der Waals surface area (Å²) in [6.45, 7) is 7.59. The molecule has 3 heteroatoms. The Kier molecular flexibility index (Phi) is 5.53. The minimum Gasteiger partial charge on any atom is -0.493 e. The lowest BCUT2D eigenvalue weighted by Crippen LogP contribution is -2.23. The van der Waals surface area contributed by atoms with Crippen LogP contribution < -0.4 is 10.1 Å². The van der Waals surface area contributed by atoms with Gasteiger partial charge in [-0.25, -0.2) is 0 Å². The molecule has 1 aromatic carbocycles. The van der Waals surface area contributed by atoms with Crippen LogP contribution in [0.25, 0.3) is 0 Å². The fourth-order valence-corrected chi connectivity index (χ4v) is 1.33. The van der Waals surface area contributed by atoms with Crippen LogP contribution in [0.1, 0.15) is 37.6 Å². The molecule has 0 aliphatic heterocycles. The Bertz CT molecular complexity index is 361. The van der Waals surface area contributed by atoms with E-state index in [-0.39, 0.29) is 5.91 Å².